The molecule has 1 nitrogen and oxygen atoms in total. The van der Waals surface area contributed by atoms with Crippen LogP contribution in [0.15, 0.2) is 10.8 Å². The Morgan fingerprint density at radius 3 is 2.25 bits per heavy atom. The normalized spacial score (nSPS) is 12.4. The van der Waals surface area contributed by atoms with E-state index in [1.54, 1.807) is 0 Å². The molecule has 0 aromatic rings. The molecule has 0 fully saturated rings. The van der Waals surface area contributed by atoms with Gasteiger partial charge in [0.15, 0.2) is 5.22 Å². The van der Waals surface area contributed by atoms with E-state index in [1.165, 1.54) is 5.54 Å². The average Bonchev–Trinajstić information content (AvgIpc) is 1.65. The molecular weight excluding hydrogens is 147 g/mol. The summed E-state index contributed by atoms with van der Waals surface area (Å²) in [4.78, 5) is 0. The van der Waals surface area contributed by atoms with Crippen LogP contribution in [0.2, 0.25) is 0 Å². The van der Waals surface area contributed by atoms with E-state index in [2.05, 4.69) is 0 Å². The molecule has 0 radical (unpaired) electrons. The molecule has 0 atom stereocenters. The summed E-state index contributed by atoms with van der Waals surface area (Å²) in [5.74, 6) is 0. The van der Waals surface area contributed by atoms with Crippen molar-refractivity contribution in [3.8, 4) is 0 Å². The molecule has 0 aliphatic heterocycles. The molecular formula is C5H8Cl2O. The third-order valence-electron chi connectivity index (χ3n) is 0.434. The maximum atomic E-state index is 5.37. The van der Waals surface area contributed by atoms with Gasteiger partial charge in [-0.25, -0.2) is 0 Å². The van der Waals surface area contributed by atoms with Crippen LogP contribution >= 0.6 is 23.2 Å². The van der Waals surface area contributed by atoms with Crippen LogP contribution in [0.1, 0.15) is 13.8 Å². The quantitative estimate of drug-likeness (QED) is 0.557. The molecule has 0 aromatic heterocycles. The first-order chi connectivity index (χ1) is 3.66. The summed E-state index contributed by atoms with van der Waals surface area (Å²) >= 11 is 10.5. The fourth-order valence-electron chi connectivity index (χ4n) is 0.251. The number of halogens is 2. The van der Waals surface area contributed by atoms with Crippen LogP contribution in [-0.4, -0.2) is 6.10 Å². The number of ether oxygens (including phenoxy) is 1. The summed E-state index contributed by atoms with van der Waals surface area (Å²) in [6, 6.07) is 0. The van der Waals surface area contributed by atoms with Crippen molar-refractivity contribution in [2.75, 3.05) is 0 Å². The van der Waals surface area contributed by atoms with E-state index in [9.17, 15) is 0 Å². The molecule has 0 rings (SSSR count). The van der Waals surface area contributed by atoms with E-state index in [4.69, 9.17) is 27.9 Å². The molecule has 0 aromatic carbocycles. The van der Waals surface area contributed by atoms with Gasteiger partial charge in [0.05, 0.1) is 11.6 Å². The molecule has 0 saturated heterocycles. The van der Waals surface area contributed by atoms with Gasteiger partial charge in [-0.3, -0.25) is 0 Å². The molecule has 0 bridgehead atoms. The average molecular weight is 155 g/mol. The van der Waals surface area contributed by atoms with E-state index >= 15 is 0 Å². The maximum absolute atomic E-state index is 5.37. The molecule has 0 N–H and O–H groups in total. The summed E-state index contributed by atoms with van der Waals surface area (Å²) in [5.41, 5.74) is 1.20. The third-order valence-corrected chi connectivity index (χ3v) is 0.942. The Balaban J connectivity index is 3.39. The zero-order valence-electron chi connectivity index (χ0n) is 4.82. The first-order valence-corrected chi connectivity index (χ1v) is 3.10. The lowest BCUT2D eigenvalue weighted by Crippen LogP contribution is -1.97. The van der Waals surface area contributed by atoms with E-state index in [1.807, 2.05) is 13.8 Å². The Hall–Kier alpha value is 0.120. The van der Waals surface area contributed by atoms with E-state index < -0.39 is 0 Å². The summed E-state index contributed by atoms with van der Waals surface area (Å²) in [7, 11) is 0. The number of rotatable bonds is 2. The van der Waals surface area contributed by atoms with Gasteiger partial charge in [-0.15, -0.1) is 0 Å². The van der Waals surface area contributed by atoms with Gasteiger partial charge in [-0.2, -0.15) is 0 Å². The maximum Gasteiger partial charge on any atom is 0.198 e. The highest BCUT2D eigenvalue weighted by Crippen LogP contribution is 2.07. The predicted octanol–water partition coefficient (Wildman–Crippen LogP) is 2.69. The van der Waals surface area contributed by atoms with Crippen molar-refractivity contribution in [1.82, 2.24) is 0 Å². The number of hydrogen-bond acceptors (Lipinski definition) is 1. The minimum Gasteiger partial charge on any atom is -0.480 e. The Morgan fingerprint density at radius 2 is 2.12 bits per heavy atom. The van der Waals surface area contributed by atoms with E-state index in [-0.39, 0.29) is 11.3 Å². The van der Waals surface area contributed by atoms with Crippen LogP contribution < -0.4 is 0 Å². The van der Waals surface area contributed by atoms with Crippen molar-refractivity contribution >= 4 is 23.2 Å². The van der Waals surface area contributed by atoms with Crippen LogP contribution in [0, 0.1) is 0 Å². The van der Waals surface area contributed by atoms with Crippen molar-refractivity contribution in [3.05, 3.63) is 10.8 Å². The first-order valence-electron chi connectivity index (χ1n) is 2.29. The summed E-state index contributed by atoms with van der Waals surface area (Å²) in [6.45, 7) is 3.76. The third kappa shape index (κ3) is 4.28. The first kappa shape index (κ1) is 8.12. The summed E-state index contributed by atoms with van der Waals surface area (Å²) in [5, 5.41) is 0.238. The zero-order chi connectivity index (χ0) is 6.57. The molecule has 8 heavy (non-hydrogen) atoms. The van der Waals surface area contributed by atoms with Crippen LogP contribution in [0.25, 0.3) is 0 Å². The summed E-state index contributed by atoms with van der Waals surface area (Å²) < 4.78 is 4.89. The largest absolute Gasteiger partial charge is 0.480 e. The zero-order valence-corrected chi connectivity index (χ0v) is 6.33. The van der Waals surface area contributed by atoms with Crippen LogP contribution in [0.3, 0.4) is 0 Å². The second kappa shape index (κ2) is 4.04. The molecule has 48 valence electrons. The van der Waals surface area contributed by atoms with E-state index in [0.29, 0.717) is 0 Å². The fraction of sp³-hybridized carbons (Fsp3) is 0.600. The van der Waals surface area contributed by atoms with Crippen molar-refractivity contribution in [2.24, 2.45) is 0 Å². The highest BCUT2D eigenvalue weighted by molar-refractivity contribution is 6.35. The lowest BCUT2D eigenvalue weighted by Gasteiger charge is -2.05. The Kier molecular flexibility index (Phi) is 4.11. The lowest BCUT2D eigenvalue weighted by atomic mass is 10.5. The van der Waals surface area contributed by atoms with Crippen molar-refractivity contribution < 1.29 is 4.74 Å². The fourth-order valence-corrected chi connectivity index (χ4v) is 0.480. The molecule has 0 spiro atoms. The van der Waals surface area contributed by atoms with Gasteiger partial charge in [0.2, 0.25) is 0 Å². The minimum absolute atomic E-state index is 0.0949. The standard InChI is InChI=1S/C5H8Cl2O/c1-4(2)8-5(7)3-6/h3-4H,1-2H3/b5-3+. The molecule has 0 saturated carbocycles. The van der Waals surface area contributed by atoms with Crippen LogP contribution in [-0.2, 0) is 4.74 Å². The molecule has 0 aliphatic carbocycles. The Morgan fingerprint density at radius 1 is 1.62 bits per heavy atom. The summed E-state index contributed by atoms with van der Waals surface area (Å²) in [6.07, 6.45) is 0.0949. The van der Waals surface area contributed by atoms with E-state index in [0.717, 1.165) is 0 Å². The van der Waals surface area contributed by atoms with Crippen LogP contribution in [0.5, 0.6) is 0 Å². The molecule has 3 heteroatoms. The van der Waals surface area contributed by atoms with Gasteiger partial charge in [0.1, 0.15) is 0 Å². The van der Waals surface area contributed by atoms with Gasteiger partial charge < -0.3 is 4.74 Å². The topological polar surface area (TPSA) is 9.23 Å². The lowest BCUT2D eigenvalue weighted by molar-refractivity contribution is 0.168. The number of hydrogen-bond donors (Lipinski definition) is 0. The van der Waals surface area contributed by atoms with Gasteiger partial charge in [0, 0.05) is 0 Å². The van der Waals surface area contributed by atoms with Gasteiger partial charge in [-0.05, 0) is 25.4 Å². The van der Waals surface area contributed by atoms with Crippen molar-refractivity contribution in [3.63, 3.8) is 0 Å². The highest BCUT2D eigenvalue weighted by Gasteiger charge is 1.93. The molecule has 0 amide bonds. The smallest absolute Gasteiger partial charge is 0.198 e. The monoisotopic (exact) mass is 154 g/mol. The highest BCUT2D eigenvalue weighted by atomic mass is 35.5. The second-order valence-corrected chi connectivity index (χ2v) is 2.17. The Bertz CT molecular complexity index is 88.4. The molecule has 0 unspecified atom stereocenters. The van der Waals surface area contributed by atoms with Gasteiger partial charge in [0.25, 0.3) is 0 Å². The molecule has 0 aliphatic rings. The SMILES string of the molecule is CC(C)O/C(Cl)=C/Cl. The van der Waals surface area contributed by atoms with Crippen molar-refractivity contribution in [2.45, 2.75) is 20.0 Å². The minimum atomic E-state index is 0.0949. The van der Waals surface area contributed by atoms with Crippen LogP contribution in [0.4, 0.5) is 0 Å². The van der Waals surface area contributed by atoms with Gasteiger partial charge >= 0.3 is 0 Å². The molecule has 0 heterocycles. The Labute approximate surface area is 59.2 Å². The predicted molar refractivity (Wildman–Crippen MR) is 36.0 cm³/mol. The van der Waals surface area contributed by atoms with Gasteiger partial charge in [-0.1, -0.05) is 11.6 Å². The second-order valence-electron chi connectivity index (χ2n) is 1.58. The van der Waals surface area contributed by atoms with Crippen molar-refractivity contribution in [1.29, 1.82) is 0 Å².